The van der Waals surface area contributed by atoms with Gasteiger partial charge in [0.15, 0.2) is 5.11 Å². The number of carbonyl (C=O) groups excluding carboxylic acids is 2. The Labute approximate surface area is 105 Å². The summed E-state index contributed by atoms with van der Waals surface area (Å²) in [5.41, 5.74) is 1.35. The molecule has 1 rings (SSSR count). The Morgan fingerprint density at radius 2 is 1.65 bits per heavy atom. The van der Waals surface area contributed by atoms with E-state index < -0.39 is 0 Å². The molecule has 0 bridgehead atoms. The van der Waals surface area contributed by atoms with Crippen LogP contribution in [-0.4, -0.2) is 16.9 Å². The van der Waals surface area contributed by atoms with Gasteiger partial charge in [0.05, 0.1) is 0 Å². The van der Waals surface area contributed by atoms with Gasteiger partial charge in [0.1, 0.15) is 0 Å². The molecule has 0 aromatic heterocycles. The monoisotopic (exact) mass is 251 g/mol. The average Bonchev–Trinajstić information content (AvgIpc) is 2.14. The predicted octanol–water partition coefficient (Wildman–Crippen LogP) is 1.48. The van der Waals surface area contributed by atoms with Crippen molar-refractivity contribution in [1.82, 2.24) is 5.32 Å². The van der Waals surface area contributed by atoms with E-state index in [9.17, 15) is 9.59 Å². The van der Waals surface area contributed by atoms with Crippen LogP contribution in [0.25, 0.3) is 0 Å². The maximum absolute atomic E-state index is 10.9. The summed E-state index contributed by atoms with van der Waals surface area (Å²) in [6.07, 6.45) is 0. The Kier molecular flexibility index (Phi) is 4.59. The van der Waals surface area contributed by atoms with E-state index in [-0.39, 0.29) is 16.9 Å². The van der Waals surface area contributed by atoms with E-state index in [4.69, 9.17) is 12.2 Å². The van der Waals surface area contributed by atoms with Crippen molar-refractivity contribution in [2.45, 2.75) is 13.8 Å². The first kappa shape index (κ1) is 13.1. The molecule has 1 aromatic rings. The van der Waals surface area contributed by atoms with Crippen molar-refractivity contribution in [3.63, 3.8) is 0 Å². The first-order chi connectivity index (χ1) is 7.97. The second kappa shape index (κ2) is 5.95. The van der Waals surface area contributed by atoms with Gasteiger partial charge in [-0.25, -0.2) is 0 Å². The Morgan fingerprint density at radius 1 is 1.06 bits per heavy atom. The lowest BCUT2D eigenvalue weighted by Crippen LogP contribution is -2.32. The van der Waals surface area contributed by atoms with Crippen molar-refractivity contribution in [2.75, 3.05) is 10.6 Å². The number of carbonyl (C=O) groups is 2. The molecular formula is C11H13N3O2S. The molecule has 5 nitrogen and oxygen atoms in total. The van der Waals surface area contributed by atoms with Crippen LogP contribution in [0.1, 0.15) is 13.8 Å². The number of benzene rings is 1. The van der Waals surface area contributed by atoms with Crippen LogP contribution in [0.3, 0.4) is 0 Å². The fraction of sp³-hybridized carbons (Fsp3) is 0.182. The molecule has 0 spiro atoms. The molecule has 2 amide bonds. The number of anilines is 2. The minimum atomic E-state index is -0.236. The van der Waals surface area contributed by atoms with Gasteiger partial charge in [0.25, 0.3) is 0 Å². The van der Waals surface area contributed by atoms with Gasteiger partial charge in [-0.3, -0.25) is 9.59 Å². The predicted molar refractivity (Wildman–Crippen MR) is 70.8 cm³/mol. The van der Waals surface area contributed by atoms with Crippen molar-refractivity contribution in [2.24, 2.45) is 0 Å². The number of hydrogen-bond acceptors (Lipinski definition) is 3. The molecule has 1 aromatic carbocycles. The van der Waals surface area contributed by atoms with Crippen LogP contribution in [0, 0.1) is 0 Å². The summed E-state index contributed by atoms with van der Waals surface area (Å²) < 4.78 is 0. The van der Waals surface area contributed by atoms with E-state index >= 15 is 0 Å². The molecule has 3 N–H and O–H groups in total. The number of amides is 2. The Bertz CT molecular complexity index is 460. The Balaban J connectivity index is 2.68. The molecule has 0 aliphatic carbocycles. The second-order valence-electron chi connectivity index (χ2n) is 3.40. The highest BCUT2D eigenvalue weighted by Crippen LogP contribution is 2.14. The van der Waals surface area contributed by atoms with Crippen molar-refractivity contribution in [1.29, 1.82) is 0 Å². The normalized spacial score (nSPS) is 9.29. The zero-order chi connectivity index (χ0) is 12.8. The van der Waals surface area contributed by atoms with Crippen LogP contribution >= 0.6 is 12.2 Å². The van der Waals surface area contributed by atoms with Gasteiger partial charge < -0.3 is 16.0 Å². The molecule has 0 aliphatic rings. The third kappa shape index (κ3) is 5.07. The average molecular weight is 251 g/mol. The van der Waals surface area contributed by atoms with E-state index in [1.54, 1.807) is 24.3 Å². The summed E-state index contributed by atoms with van der Waals surface area (Å²) in [5.74, 6) is -0.382. The van der Waals surface area contributed by atoms with Crippen LogP contribution in [0.5, 0.6) is 0 Å². The van der Waals surface area contributed by atoms with Crippen molar-refractivity contribution >= 4 is 40.5 Å². The number of thiocarbonyl (C=S) groups is 1. The lowest BCUT2D eigenvalue weighted by Gasteiger charge is -2.09. The molecular weight excluding hydrogens is 238 g/mol. The first-order valence-electron chi connectivity index (χ1n) is 4.93. The smallest absolute Gasteiger partial charge is 0.222 e. The third-order valence-electron chi connectivity index (χ3n) is 1.73. The van der Waals surface area contributed by atoms with E-state index in [2.05, 4.69) is 16.0 Å². The minimum Gasteiger partial charge on any atom is -0.332 e. The summed E-state index contributed by atoms with van der Waals surface area (Å²) in [5, 5.41) is 8.15. The van der Waals surface area contributed by atoms with E-state index in [0.29, 0.717) is 11.4 Å². The molecule has 0 heterocycles. The van der Waals surface area contributed by atoms with Gasteiger partial charge in [-0.2, -0.15) is 0 Å². The largest absolute Gasteiger partial charge is 0.332 e. The lowest BCUT2D eigenvalue weighted by atomic mass is 10.3. The SMILES string of the molecule is CC(=O)NC(=S)Nc1cccc(NC(C)=O)c1. The lowest BCUT2D eigenvalue weighted by molar-refractivity contribution is -0.117. The zero-order valence-electron chi connectivity index (χ0n) is 9.53. The maximum Gasteiger partial charge on any atom is 0.222 e. The minimum absolute atomic E-state index is 0.147. The summed E-state index contributed by atoms with van der Waals surface area (Å²) in [7, 11) is 0. The van der Waals surface area contributed by atoms with Gasteiger partial charge in [-0.05, 0) is 30.4 Å². The van der Waals surface area contributed by atoms with Gasteiger partial charge in [-0.15, -0.1) is 0 Å². The summed E-state index contributed by atoms with van der Waals surface area (Å²) in [6, 6.07) is 7.02. The summed E-state index contributed by atoms with van der Waals surface area (Å²) in [4.78, 5) is 21.6. The van der Waals surface area contributed by atoms with Crippen LogP contribution in [0.2, 0.25) is 0 Å². The third-order valence-corrected chi connectivity index (χ3v) is 1.93. The first-order valence-corrected chi connectivity index (χ1v) is 5.34. The standard InChI is InChI=1S/C11H13N3O2S/c1-7(15)12-9-4-3-5-10(6-9)14-11(17)13-8(2)16/h3-6H,1-2H3,(H,12,15)(H2,13,14,16,17). The van der Waals surface area contributed by atoms with Gasteiger partial charge in [0, 0.05) is 25.2 Å². The number of rotatable bonds is 2. The highest BCUT2D eigenvalue weighted by atomic mass is 32.1. The van der Waals surface area contributed by atoms with Crippen molar-refractivity contribution in [3.05, 3.63) is 24.3 Å². The highest BCUT2D eigenvalue weighted by Gasteiger charge is 2.01. The number of nitrogens with one attached hydrogen (secondary N) is 3. The van der Waals surface area contributed by atoms with Gasteiger partial charge in [0.2, 0.25) is 11.8 Å². The van der Waals surface area contributed by atoms with Crippen molar-refractivity contribution in [3.8, 4) is 0 Å². The van der Waals surface area contributed by atoms with Crippen molar-refractivity contribution < 1.29 is 9.59 Å². The summed E-state index contributed by atoms with van der Waals surface area (Å²) in [6.45, 7) is 2.81. The van der Waals surface area contributed by atoms with Gasteiger partial charge in [-0.1, -0.05) is 6.07 Å². The molecule has 0 aliphatic heterocycles. The van der Waals surface area contributed by atoms with Crippen LogP contribution in [0.4, 0.5) is 11.4 Å². The Hall–Kier alpha value is -1.95. The van der Waals surface area contributed by atoms with E-state index in [1.807, 2.05) is 0 Å². The molecule has 90 valence electrons. The molecule has 6 heteroatoms. The molecule has 0 saturated heterocycles. The molecule has 17 heavy (non-hydrogen) atoms. The quantitative estimate of drug-likeness (QED) is 0.696. The van der Waals surface area contributed by atoms with Crippen LogP contribution in [0.15, 0.2) is 24.3 Å². The fourth-order valence-corrected chi connectivity index (χ4v) is 1.46. The van der Waals surface area contributed by atoms with Crippen LogP contribution < -0.4 is 16.0 Å². The Morgan fingerprint density at radius 3 is 2.18 bits per heavy atom. The molecule has 0 fully saturated rings. The number of hydrogen-bond donors (Lipinski definition) is 3. The second-order valence-corrected chi connectivity index (χ2v) is 3.81. The maximum atomic E-state index is 10.9. The van der Waals surface area contributed by atoms with Gasteiger partial charge >= 0.3 is 0 Å². The summed E-state index contributed by atoms with van der Waals surface area (Å²) >= 11 is 4.91. The van der Waals surface area contributed by atoms with E-state index in [0.717, 1.165) is 0 Å². The van der Waals surface area contributed by atoms with E-state index in [1.165, 1.54) is 13.8 Å². The zero-order valence-corrected chi connectivity index (χ0v) is 10.4. The molecule has 0 saturated carbocycles. The molecule has 0 unspecified atom stereocenters. The molecule has 0 atom stereocenters. The van der Waals surface area contributed by atoms with Crippen LogP contribution in [-0.2, 0) is 9.59 Å². The fourth-order valence-electron chi connectivity index (χ4n) is 1.20. The topological polar surface area (TPSA) is 70.2 Å². The highest BCUT2D eigenvalue weighted by molar-refractivity contribution is 7.80. The molecule has 0 radical (unpaired) electrons.